The van der Waals surface area contributed by atoms with Gasteiger partial charge in [-0.05, 0) is 57.2 Å². The van der Waals surface area contributed by atoms with E-state index in [9.17, 15) is 4.79 Å². The van der Waals surface area contributed by atoms with E-state index < -0.39 is 0 Å². The van der Waals surface area contributed by atoms with Crippen molar-refractivity contribution in [3.05, 3.63) is 82.3 Å². The molecule has 2 aliphatic rings. The predicted octanol–water partition coefficient (Wildman–Crippen LogP) is 5.96. The molecule has 1 N–H and O–H groups in total. The number of likely N-dealkylation sites (tertiary alicyclic amines) is 1. The van der Waals surface area contributed by atoms with Gasteiger partial charge in [0.2, 0.25) is 0 Å². The summed E-state index contributed by atoms with van der Waals surface area (Å²) in [5.41, 5.74) is 4.55. The molecule has 1 aromatic heterocycles. The van der Waals surface area contributed by atoms with E-state index in [2.05, 4.69) is 97.6 Å². The second-order valence-corrected chi connectivity index (χ2v) is 11.7. The molecule has 7 heteroatoms. The molecular weight excluding hydrogens is 526 g/mol. The fourth-order valence-corrected chi connectivity index (χ4v) is 6.78. The number of aromatic nitrogens is 2. The molecule has 194 valence electrons. The molecule has 0 bridgehead atoms. The topological polar surface area (TPSA) is 58.1 Å². The molecule has 2 aromatic carbocycles. The molecule has 0 saturated carbocycles. The number of halogens is 1. The third kappa shape index (κ3) is 4.85. The number of para-hydroxylation sites is 1. The maximum atomic E-state index is 14.6. The highest BCUT2D eigenvalue weighted by Crippen LogP contribution is 2.42. The molecule has 6 nitrogen and oxygen atoms in total. The van der Waals surface area contributed by atoms with Crippen LogP contribution in [0.4, 0.5) is 11.4 Å². The molecule has 0 atom stereocenters. The van der Waals surface area contributed by atoms with Gasteiger partial charge in [0, 0.05) is 60.7 Å². The molecule has 1 amide bonds. The highest BCUT2D eigenvalue weighted by Gasteiger charge is 2.56. The molecule has 2 fully saturated rings. The molecule has 5 rings (SSSR count). The highest BCUT2D eigenvalue weighted by molar-refractivity contribution is 9.10. The fourth-order valence-electron chi connectivity index (χ4n) is 6.51. The first-order chi connectivity index (χ1) is 17.8. The number of anilines is 2. The summed E-state index contributed by atoms with van der Waals surface area (Å²) in [6.45, 7) is 9.75. The summed E-state index contributed by atoms with van der Waals surface area (Å²) in [7, 11) is 0. The van der Waals surface area contributed by atoms with Gasteiger partial charge in [0.15, 0.2) is 0 Å². The summed E-state index contributed by atoms with van der Waals surface area (Å²) in [5, 5.41) is 3.51. The molecule has 0 aliphatic carbocycles. The number of rotatable bonds is 5. The fraction of sp³-hybridized carbons (Fsp3) is 0.433. The first-order valence-electron chi connectivity index (χ1n) is 13.4. The number of hydrogen-bond donors (Lipinski definition) is 1. The van der Waals surface area contributed by atoms with Crippen LogP contribution in [0.3, 0.4) is 0 Å². The van der Waals surface area contributed by atoms with E-state index >= 15 is 0 Å². The third-order valence-corrected chi connectivity index (χ3v) is 9.26. The molecule has 0 unspecified atom stereocenters. The number of carbonyl (C=O) groups is 1. The van der Waals surface area contributed by atoms with Crippen molar-refractivity contribution < 1.29 is 9.28 Å². The Morgan fingerprint density at radius 1 is 0.946 bits per heavy atom. The van der Waals surface area contributed by atoms with Crippen LogP contribution in [0.2, 0.25) is 0 Å². The van der Waals surface area contributed by atoms with Crippen molar-refractivity contribution in [1.29, 1.82) is 0 Å². The first-order valence-corrected chi connectivity index (χ1v) is 14.1. The van der Waals surface area contributed by atoms with E-state index in [0.717, 1.165) is 67.7 Å². The van der Waals surface area contributed by atoms with Crippen LogP contribution >= 0.6 is 15.9 Å². The number of aryl methyl sites for hydroxylation is 2. The standard InChI is InChI=1S/C30H37BrN5O/c1-22-28(23(2)34-21-33-22)29(37)36(30(3)15-17-32-18-16-30)19-13-27(14-20-36)35(25-7-5-4-6-8-25)26-11-9-24(31)10-12-26/h4-12,21,27,32H,13-20H2,1-3H3/q+1. The number of hydrogen-bond acceptors (Lipinski definition) is 5. The zero-order chi connectivity index (χ0) is 26.0. The van der Waals surface area contributed by atoms with Gasteiger partial charge in [0.25, 0.3) is 0 Å². The van der Waals surface area contributed by atoms with Crippen LogP contribution in [0.25, 0.3) is 0 Å². The lowest BCUT2D eigenvalue weighted by Gasteiger charge is -2.55. The summed E-state index contributed by atoms with van der Waals surface area (Å²) in [6.07, 6.45) is 5.42. The summed E-state index contributed by atoms with van der Waals surface area (Å²) >= 11 is 3.59. The maximum Gasteiger partial charge on any atom is 0.350 e. The lowest BCUT2D eigenvalue weighted by atomic mass is 9.81. The van der Waals surface area contributed by atoms with E-state index in [0.29, 0.717) is 16.1 Å². The van der Waals surface area contributed by atoms with Gasteiger partial charge in [-0.3, -0.25) is 4.48 Å². The van der Waals surface area contributed by atoms with E-state index in [1.807, 2.05) is 13.8 Å². The Morgan fingerprint density at radius 3 is 2.11 bits per heavy atom. The Labute approximate surface area is 228 Å². The highest BCUT2D eigenvalue weighted by atomic mass is 79.9. The summed E-state index contributed by atoms with van der Waals surface area (Å²) in [6, 6.07) is 19.5. The van der Waals surface area contributed by atoms with Crippen LogP contribution in [0, 0.1) is 13.8 Å². The Balaban J connectivity index is 1.52. The monoisotopic (exact) mass is 562 g/mol. The predicted molar refractivity (Wildman–Crippen MR) is 152 cm³/mol. The normalized spacial score (nSPS) is 23.4. The van der Waals surface area contributed by atoms with Crippen molar-refractivity contribution in [2.24, 2.45) is 0 Å². The molecule has 0 radical (unpaired) electrons. The molecule has 0 spiro atoms. The van der Waals surface area contributed by atoms with Gasteiger partial charge in [0.1, 0.15) is 17.4 Å². The van der Waals surface area contributed by atoms with Crippen molar-refractivity contribution in [3.63, 3.8) is 0 Å². The zero-order valence-corrected chi connectivity index (χ0v) is 23.7. The van der Waals surface area contributed by atoms with Crippen LogP contribution in [0.15, 0.2) is 65.4 Å². The van der Waals surface area contributed by atoms with Gasteiger partial charge >= 0.3 is 5.91 Å². The average Bonchev–Trinajstić information content (AvgIpc) is 2.91. The number of piperidine rings is 2. The Hall–Kier alpha value is -2.61. The van der Waals surface area contributed by atoms with Gasteiger partial charge in [-0.25, -0.2) is 14.8 Å². The number of carbonyl (C=O) groups excluding carboxylic acids is 1. The SMILES string of the molecule is Cc1ncnc(C)c1C(=O)[N+]1(C2(C)CCNCC2)CCC(N(c2ccccc2)c2ccc(Br)cc2)CC1. The van der Waals surface area contributed by atoms with Crippen molar-refractivity contribution >= 4 is 33.2 Å². The summed E-state index contributed by atoms with van der Waals surface area (Å²) in [4.78, 5) is 25.9. The minimum atomic E-state index is -0.114. The van der Waals surface area contributed by atoms with Gasteiger partial charge in [-0.15, -0.1) is 0 Å². The number of nitrogens with one attached hydrogen (secondary N) is 1. The van der Waals surface area contributed by atoms with Crippen LogP contribution in [0.1, 0.15) is 54.4 Å². The van der Waals surface area contributed by atoms with Crippen LogP contribution in [-0.2, 0) is 0 Å². The summed E-state index contributed by atoms with van der Waals surface area (Å²) in [5.74, 6) is 0.202. The minimum absolute atomic E-state index is 0.114. The first kappa shape index (κ1) is 26.0. The van der Waals surface area contributed by atoms with Gasteiger partial charge in [-0.1, -0.05) is 34.1 Å². The van der Waals surface area contributed by atoms with E-state index in [4.69, 9.17) is 0 Å². The number of benzene rings is 2. The Bertz CT molecular complexity index is 1210. The van der Waals surface area contributed by atoms with E-state index in [-0.39, 0.29) is 11.4 Å². The molecule has 2 saturated heterocycles. The van der Waals surface area contributed by atoms with Crippen LogP contribution in [-0.4, -0.2) is 58.1 Å². The zero-order valence-electron chi connectivity index (χ0n) is 22.1. The van der Waals surface area contributed by atoms with E-state index in [1.165, 1.54) is 11.4 Å². The number of quaternary nitrogens is 1. The Kier molecular flexibility index (Phi) is 7.48. The third-order valence-electron chi connectivity index (χ3n) is 8.74. The van der Waals surface area contributed by atoms with E-state index in [1.54, 1.807) is 6.33 Å². The molecule has 3 aromatic rings. The average molecular weight is 564 g/mol. The second-order valence-electron chi connectivity index (χ2n) is 10.8. The smallest absolute Gasteiger partial charge is 0.338 e. The Morgan fingerprint density at radius 2 is 1.51 bits per heavy atom. The number of amides is 1. The maximum absolute atomic E-state index is 14.6. The van der Waals surface area contributed by atoms with Gasteiger partial charge in [-0.2, -0.15) is 0 Å². The lowest BCUT2D eigenvalue weighted by molar-refractivity contribution is -0.906. The largest absolute Gasteiger partial charge is 0.350 e. The van der Waals surface area contributed by atoms with Crippen molar-refractivity contribution in [2.45, 2.75) is 58.0 Å². The lowest BCUT2D eigenvalue weighted by Crippen LogP contribution is -2.71. The van der Waals surface area contributed by atoms with Crippen molar-refractivity contribution in [3.8, 4) is 0 Å². The molecule has 3 heterocycles. The van der Waals surface area contributed by atoms with Crippen molar-refractivity contribution in [1.82, 2.24) is 15.3 Å². The number of nitrogens with zero attached hydrogens (tertiary/aromatic N) is 4. The van der Waals surface area contributed by atoms with Gasteiger partial charge < -0.3 is 10.2 Å². The molecular formula is C30H37BrN5O+. The van der Waals surface area contributed by atoms with Crippen LogP contribution < -0.4 is 10.2 Å². The molecule has 37 heavy (non-hydrogen) atoms. The second kappa shape index (κ2) is 10.6. The minimum Gasteiger partial charge on any atom is -0.338 e. The summed E-state index contributed by atoms with van der Waals surface area (Å²) < 4.78 is 1.56. The van der Waals surface area contributed by atoms with Crippen LogP contribution in [0.5, 0.6) is 0 Å². The molecule has 2 aliphatic heterocycles. The quantitative estimate of drug-likeness (QED) is 0.389. The van der Waals surface area contributed by atoms with Gasteiger partial charge in [0.05, 0.1) is 24.5 Å². The van der Waals surface area contributed by atoms with Crippen molar-refractivity contribution in [2.75, 3.05) is 31.1 Å².